The molecule has 1 aromatic rings. The zero-order valence-corrected chi connectivity index (χ0v) is 15.6. The van der Waals surface area contributed by atoms with Gasteiger partial charge >= 0.3 is 6.29 Å². The Labute approximate surface area is 153 Å². The summed E-state index contributed by atoms with van der Waals surface area (Å²) in [6.07, 6.45) is 4.38. The van der Waals surface area contributed by atoms with Crippen molar-refractivity contribution in [2.45, 2.75) is 45.3 Å². The molecule has 2 heterocycles. The number of halogens is 2. The molecule has 0 spiro atoms. The number of allylic oxidation sites excluding steroid dienone is 1. The fourth-order valence-corrected chi connectivity index (χ4v) is 2.77. The van der Waals surface area contributed by atoms with Gasteiger partial charge in [0.05, 0.1) is 18.8 Å². The van der Waals surface area contributed by atoms with Crippen molar-refractivity contribution in [3.63, 3.8) is 0 Å². The van der Waals surface area contributed by atoms with Crippen LogP contribution in [-0.2, 0) is 9.47 Å². The Balaban J connectivity index is 1.97. The van der Waals surface area contributed by atoms with E-state index < -0.39 is 12.5 Å². The van der Waals surface area contributed by atoms with E-state index in [-0.39, 0.29) is 6.61 Å². The first kappa shape index (κ1) is 20.5. The molecule has 1 aliphatic heterocycles. The van der Waals surface area contributed by atoms with Gasteiger partial charge in [0.2, 0.25) is 0 Å². The van der Waals surface area contributed by atoms with E-state index in [2.05, 4.69) is 26.5 Å². The van der Waals surface area contributed by atoms with Crippen LogP contribution in [0.3, 0.4) is 0 Å². The maximum absolute atomic E-state index is 13.5. The minimum absolute atomic E-state index is 0.284. The van der Waals surface area contributed by atoms with Crippen LogP contribution in [0.15, 0.2) is 31.2 Å². The lowest BCUT2D eigenvalue weighted by atomic mass is 10.1. The van der Waals surface area contributed by atoms with Crippen molar-refractivity contribution in [2.75, 3.05) is 26.7 Å². The molecule has 0 amide bonds. The number of nitrogens with one attached hydrogen (secondary N) is 1. The van der Waals surface area contributed by atoms with Crippen LogP contribution in [0.2, 0.25) is 0 Å². The highest BCUT2D eigenvalue weighted by molar-refractivity contribution is 5.61. The fourth-order valence-electron chi connectivity index (χ4n) is 2.77. The van der Waals surface area contributed by atoms with E-state index in [9.17, 15) is 8.78 Å². The van der Waals surface area contributed by atoms with Gasteiger partial charge in [0.1, 0.15) is 6.23 Å². The molecule has 0 aliphatic carbocycles. The monoisotopic (exact) mass is 370 g/mol. The van der Waals surface area contributed by atoms with Crippen LogP contribution in [0.5, 0.6) is 0 Å². The normalized spacial score (nSPS) is 18.0. The van der Waals surface area contributed by atoms with E-state index in [0.717, 1.165) is 37.1 Å². The number of rotatable bonds is 9. The number of hydrogen-bond acceptors (Lipinski definition) is 5. The molecule has 1 N–H and O–H groups in total. The molecule has 1 unspecified atom stereocenters. The van der Waals surface area contributed by atoms with Gasteiger partial charge in [0.15, 0.2) is 0 Å². The molecule has 1 fully saturated rings. The highest BCUT2D eigenvalue weighted by Gasteiger charge is 2.34. The molecule has 0 bridgehead atoms. The molecule has 0 aromatic carbocycles. The number of hydrogen-bond donors (Lipinski definition) is 1. The summed E-state index contributed by atoms with van der Waals surface area (Å²) in [7, 11) is 1.68. The van der Waals surface area contributed by atoms with Gasteiger partial charge in [-0.2, -0.15) is 5.10 Å². The van der Waals surface area contributed by atoms with E-state index >= 15 is 0 Å². The molecule has 1 atom stereocenters. The second-order valence-corrected chi connectivity index (χ2v) is 6.45. The molecule has 1 saturated heterocycles. The van der Waals surface area contributed by atoms with Gasteiger partial charge in [-0.05, 0) is 45.4 Å². The Kier molecular flexibility index (Phi) is 7.31. The highest BCUT2D eigenvalue weighted by atomic mass is 19.3. The average molecular weight is 370 g/mol. The summed E-state index contributed by atoms with van der Waals surface area (Å²) in [6, 6.07) is 0.401. The first-order valence-electron chi connectivity index (χ1n) is 8.78. The predicted octanol–water partition coefficient (Wildman–Crippen LogP) is 3.22. The van der Waals surface area contributed by atoms with Crippen molar-refractivity contribution in [1.82, 2.24) is 20.0 Å². The Morgan fingerprint density at radius 3 is 2.88 bits per heavy atom. The van der Waals surface area contributed by atoms with Crippen molar-refractivity contribution in [2.24, 2.45) is 0 Å². The molecule has 1 aromatic heterocycles. The molecule has 146 valence electrons. The SMILES string of the molecule is C=CCOC(F)(F)OC(C)N(C)/C=C(\C)c1cnn(C2CCNCC2)c1. The third-order valence-corrected chi connectivity index (χ3v) is 4.39. The fraction of sp³-hybridized carbons (Fsp3) is 0.611. The Bertz CT molecular complexity index is 612. The second-order valence-electron chi connectivity index (χ2n) is 6.45. The minimum Gasteiger partial charge on any atom is -0.355 e. The molecule has 6 nitrogen and oxygen atoms in total. The van der Waals surface area contributed by atoms with Gasteiger partial charge in [0, 0.05) is 25.0 Å². The van der Waals surface area contributed by atoms with Crippen molar-refractivity contribution >= 4 is 5.57 Å². The average Bonchev–Trinajstić information content (AvgIpc) is 3.10. The van der Waals surface area contributed by atoms with Crippen LogP contribution in [0.1, 0.15) is 38.3 Å². The van der Waals surface area contributed by atoms with Gasteiger partial charge in [-0.1, -0.05) is 6.08 Å². The van der Waals surface area contributed by atoms with Crippen LogP contribution in [0, 0.1) is 0 Å². The van der Waals surface area contributed by atoms with Gasteiger partial charge in [0.25, 0.3) is 0 Å². The smallest absolute Gasteiger partial charge is 0.355 e. The van der Waals surface area contributed by atoms with E-state index in [1.54, 1.807) is 24.3 Å². The summed E-state index contributed by atoms with van der Waals surface area (Å²) in [5, 5.41) is 7.79. The second kappa shape index (κ2) is 9.25. The zero-order chi connectivity index (χ0) is 19.2. The molecule has 0 saturated carbocycles. The van der Waals surface area contributed by atoms with E-state index in [4.69, 9.17) is 0 Å². The van der Waals surface area contributed by atoms with Gasteiger partial charge in [-0.25, -0.2) is 0 Å². The molecule has 1 aliphatic rings. The Morgan fingerprint density at radius 1 is 1.54 bits per heavy atom. The van der Waals surface area contributed by atoms with Crippen LogP contribution in [0.25, 0.3) is 5.57 Å². The van der Waals surface area contributed by atoms with Crippen LogP contribution < -0.4 is 5.32 Å². The van der Waals surface area contributed by atoms with E-state index in [0.29, 0.717) is 6.04 Å². The summed E-state index contributed by atoms with van der Waals surface area (Å²) >= 11 is 0. The summed E-state index contributed by atoms with van der Waals surface area (Å²) in [5.74, 6) is 0. The van der Waals surface area contributed by atoms with Crippen molar-refractivity contribution in [1.29, 1.82) is 0 Å². The summed E-state index contributed by atoms with van der Waals surface area (Å²) in [4.78, 5) is 1.57. The van der Waals surface area contributed by atoms with Gasteiger partial charge in [-0.15, -0.1) is 15.4 Å². The number of piperidine rings is 1. The quantitative estimate of drug-likeness (QED) is 0.534. The third-order valence-electron chi connectivity index (χ3n) is 4.39. The largest absolute Gasteiger partial charge is 0.487 e. The maximum atomic E-state index is 13.5. The lowest BCUT2D eigenvalue weighted by Gasteiger charge is -2.27. The predicted molar refractivity (Wildman–Crippen MR) is 96.4 cm³/mol. The lowest BCUT2D eigenvalue weighted by molar-refractivity contribution is -0.410. The van der Waals surface area contributed by atoms with Crippen molar-refractivity contribution < 1.29 is 18.3 Å². The summed E-state index contributed by atoms with van der Waals surface area (Å²) in [6.45, 7) is 8.50. The summed E-state index contributed by atoms with van der Waals surface area (Å²) < 4.78 is 38.1. The van der Waals surface area contributed by atoms with Crippen molar-refractivity contribution in [3.8, 4) is 0 Å². The number of alkyl halides is 2. The first-order chi connectivity index (χ1) is 12.3. The Hall–Kier alpha value is -1.77. The Morgan fingerprint density at radius 2 is 2.23 bits per heavy atom. The minimum atomic E-state index is -3.66. The molecular weight excluding hydrogens is 342 g/mol. The number of nitrogens with zero attached hydrogens (tertiary/aromatic N) is 3. The molecule has 0 radical (unpaired) electrons. The van der Waals surface area contributed by atoms with Crippen LogP contribution in [-0.4, -0.2) is 53.9 Å². The van der Waals surface area contributed by atoms with Gasteiger partial charge in [-0.3, -0.25) is 14.2 Å². The van der Waals surface area contributed by atoms with Gasteiger partial charge < -0.3 is 10.2 Å². The highest BCUT2D eigenvalue weighted by Crippen LogP contribution is 2.23. The summed E-state index contributed by atoms with van der Waals surface area (Å²) in [5.41, 5.74) is 1.87. The lowest BCUT2D eigenvalue weighted by Crippen LogP contribution is -2.36. The maximum Gasteiger partial charge on any atom is 0.487 e. The number of ether oxygens (including phenoxy) is 2. The first-order valence-corrected chi connectivity index (χ1v) is 8.78. The topological polar surface area (TPSA) is 51.6 Å². The zero-order valence-electron chi connectivity index (χ0n) is 15.6. The molecule has 26 heavy (non-hydrogen) atoms. The molecule has 2 rings (SSSR count). The molecule has 8 heteroatoms. The third kappa shape index (κ3) is 5.89. The van der Waals surface area contributed by atoms with Crippen LogP contribution >= 0.6 is 0 Å². The standard InChI is InChI=1S/C18H28F2N4O2/c1-5-10-25-18(19,20)26-15(3)23(4)12-14(2)16-11-22-24(13-16)17-6-8-21-9-7-17/h5,11-13,15,17,21H,1,6-10H2,2-4H3/b14-12+. The van der Waals surface area contributed by atoms with E-state index in [1.807, 2.05) is 17.8 Å². The van der Waals surface area contributed by atoms with Crippen molar-refractivity contribution in [3.05, 3.63) is 36.8 Å². The molecular formula is C18H28F2N4O2. The van der Waals surface area contributed by atoms with E-state index in [1.165, 1.54) is 13.0 Å². The van der Waals surface area contributed by atoms with Crippen LogP contribution in [0.4, 0.5) is 8.78 Å². The number of aromatic nitrogens is 2.